The van der Waals surface area contributed by atoms with Crippen molar-refractivity contribution in [1.82, 2.24) is 0 Å². The summed E-state index contributed by atoms with van der Waals surface area (Å²) in [6.45, 7) is 8.19. The molecule has 0 aliphatic rings. The van der Waals surface area contributed by atoms with E-state index in [0.717, 1.165) is 16.7 Å². The molecule has 0 spiro atoms. The van der Waals surface area contributed by atoms with Gasteiger partial charge in [0.05, 0.1) is 12.2 Å². The van der Waals surface area contributed by atoms with E-state index in [1.807, 2.05) is 32.9 Å². The number of carbonyl (C=O) groups is 1. The van der Waals surface area contributed by atoms with Crippen LogP contribution in [0.15, 0.2) is 36.4 Å². The van der Waals surface area contributed by atoms with Crippen molar-refractivity contribution in [2.45, 2.75) is 27.7 Å². The Bertz CT molecular complexity index is 736. The highest BCUT2D eigenvalue weighted by atomic mass is 31.1. The average molecular weight is 380 g/mol. The zero-order chi connectivity index (χ0) is 18.8. The molecule has 0 aromatic heterocycles. The molecule has 0 amide bonds. The van der Waals surface area contributed by atoms with E-state index in [0.29, 0.717) is 23.5 Å². The molecule has 2 atom stereocenters. The van der Waals surface area contributed by atoms with Crippen LogP contribution in [0.2, 0.25) is 0 Å². The van der Waals surface area contributed by atoms with Crippen LogP contribution in [0.3, 0.4) is 0 Å². The van der Waals surface area contributed by atoms with Crippen molar-refractivity contribution in [1.29, 1.82) is 0 Å². The third-order valence-corrected chi connectivity index (χ3v) is 4.10. The molecule has 0 heterocycles. The maximum absolute atomic E-state index is 12.7. The SMILES string of the molecule is CCO[PH+]=O.Cc1cc(C)c(C(=O)c2ccccc2O[PH+]=O)c(C)c1. The number of benzene rings is 2. The first-order chi connectivity index (χ1) is 12.0. The maximum atomic E-state index is 12.7. The second-order valence-corrected chi connectivity index (χ2v) is 6.13. The number of ketones is 1. The Morgan fingerprint density at radius 3 is 2.08 bits per heavy atom. The molecule has 0 aliphatic heterocycles. The minimum absolute atomic E-state index is 0.103. The third-order valence-electron chi connectivity index (χ3n) is 3.39. The molecule has 2 rings (SSSR count). The van der Waals surface area contributed by atoms with Gasteiger partial charge in [-0.15, -0.1) is 4.52 Å². The van der Waals surface area contributed by atoms with Crippen LogP contribution in [0.1, 0.15) is 39.5 Å². The maximum Gasteiger partial charge on any atom is 0.542 e. The van der Waals surface area contributed by atoms with Crippen LogP contribution in [0.25, 0.3) is 0 Å². The lowest BCUT2D eigenvalue weighted by molar-refractivity contribution is 0.103. The Balaban J connectivity index is 0.000000550. The van der Waals surface area contributed by atoms with Gasteiger partial charge in [0, 0.05) is 5.56 Å². The lowest BCUT2D eigenvalue weighted by Gasteiger charge is -2.11. The van der Waals surface area contributed by atoms with Gasteiger partial charge in [0.2, 0.25) is 0 Å². The minimum atomic E-state index is -0.928. The van der Waals surface area contributed by atoms with Crippen LogP contribution in [-0.4, -0.2) is 12.4 Å². The Hall–Kier alpha value is -1.93. The molecule has 0 saturated heterocycles. The van der Waals surface area contributed by atoms with Crippen LogP contribution in [0.5, 0.6) is 5.75 Å². The fourth-order valence-corrected chi connectivity index (χ4v) is 2.91. The standard InChI is InChI=1S/C16H16O3P.C2H6O2P/c1-10-8-11(2)15(12(3)9-10)16(17)13-6-4-5-7-14(13)19-20-18;1-2-4-5-3/h4-9,20H,1-3H3;5H,2H2,1H3/q2*+1. The highest BCUT2D eigenvalue weighted by Crippen LogP contribution is 2.27. The van der Waals surface area contributed by atoms with E-state index < -0.39 is 17.4 Å². The van der Waals surface area contributed by atoms with Gasteiger partial charge in [-0.1, -0.05) is 29.8 Å². The van der Waals surface area contributed by atoms with E-state index >= 15 is 0 Å². The zero-order valence-electron chi connectivity index (χ0n) is 14.7. The molecular formula is C18H22O5P2+2. The Labute approximate surface area is 150 Å². The van der Waals surface area contributed by atoms with Crippen LogP contribution < -0.4 is 4.52 Å². The van der Waals surface area contributed by atoms with Gasteiger partial charge in [0.15, 0.2) is 11.5 Å². The Kier molecular flexibility index (Phi) is 9.15. The number of aryl methyl sites for hydroxylation is 3. The summed E-state index contributed by atoms with van der Waals surface area (Å²) in [6, 6.07) is 10.8. The first-order valence-corrected chi connectivity index (χ1v) is 9.34. The van der Waals surface area contributed by atoms with Gasteiger partial charge >= 0.3 is 17.4 Å². The molecule has 0 aliphatic carbocycles. The van der Waals surface area contributed by atoms with Gasteiger partial charge in [-0.3, -0.25) is 9.32 Å². The number of hydrogen-bond acceptors (Lipinski definition) is 5. The van der Waals surface area contributed by atoms with Crippen molar-refractivity contribution < 1.29 is 23.0 Å². The van der Waals surface area contributed by atoms with E-state index in [4.69, 9.17) is 4.52 Å². The first kappa shape index (κ1) is 21.1. The fraction of sp³-hybridized carbons (Fsp3) is 0.278. The smallest absolute Gasteiger partial charge is 0.288 e. The molecule has 0 saturated carbocycles. The van der Waals surface area contributed by atoms with E-state index in [9.17, 15) is 13.9 Å². The molecule has 0 radical (unpaired) electrons. The highest BCUT2D eigenvalue weighted by Gasteiger charge is 2.20. The summed E-state index contributed by atoms with van der Waals surface area (Å²) in [5.74, 6) is 0.249. The largest absolute Gasteiger partial charge is 0.542 e. The van der Waals surface area contributed by atoms with Crippen molar-refractivity contribution >= 4 is 23.2 Å². The molecule has 5 nitrogen and oxygen atoms in total. The highest BCUT2D eigenvalue weighted by molar-refractivity contribution is 7.17. The number of carbonyl (C=O) groups excluding carboxylic acids is 1. The van der Waals surface area contributed by atoms with E-state index in [1.165, 1.54) is 0 Å². The minimum Gasteiger partial charge on any atom is -0.288 e. The quantitative estimate of drug-likeness (QED) is 0.514. The number of para-hydroxylation sites is 1. The molecule has 0 fully saturated rings. The predicted molar refractivity (Wildman–Crippen MR) is 101 cm³/mol. The summed E-state index contributed by atoms with van der Waals surface area (Å²) in [6.07, 6.45) is 0. The summed E-state index contributed by atoms with van der Waals surface area (Å²) >= 11 is 0. The second kappa shape index (κ2) is 10.8. The van der Waals surface area contributed by atoms with Gasteiger partial charge in [0.1, 0.15) is 0 Å². The molecule has 2 unspecified atom stereocenters. The van der Waals surface area contributed by atoms with Gasteiger partial charge in [-0.05, 0) is 60.1 Å². The van der Waals surface area contributed by atoms with Crippen LogP contribution >= 0.6 is 17.4 Å². The Morgan fingerprint density at radius 1 is 1.00 bits per heavy atom. The van der Waals surface area contributed by atoms with Crippen molar-refractivity contribution in [2.24, 2.45) is 0 Å². The summed E-state index contributed by atoms with van der Waals surface area (Å²) in [5.41, 5.74) is 4.12. The average Bonchev–Trinajstić information content (AvgIpc) is 2.56. The molecular weight excluding hydrogens is 358 g/mol. The van der Waals surface area contributed by atoms with Crippen LogP contribution in [-0.2, 0) is 13.7 Å². The third kappa shape index (κ3) is 6.13. The van der Waals surface area contributed by atoms with Crippen molar-refractivity contribution in [2.75, 3.05) is 6.61 Å². The van der Waals surface area contributed by atoms with Crippen LogP contribution in [0, 0.1) is 20.8 Å². The Morgan fingerprint density at radius 2 is 1.60 bits per heavy atom. The van der Waals surface area contributed by atoms with Gasteiger partial charge < -0.3 is 0 Å². The molecule has 2 aromatic rings. The monoisotopic (exact) mass is 380 g/mol. The predicted octanol–water partition coefficient (Wildman–Crippen LogP) is 5.12. The zero-order valence-corrected chi connectivity index (χ0v) is 16.7. The van der Waals surface area contributed by atoms with Gasteiger partial charge in [0.25, 0.3) is 0 Å². The summed E-state index contributed by atoms with van der Waals surface area (Å²) in [4.78, 5) is 12.7. The summed E-state index contributed by atoms with van der Waals surface area (Å²) in [5, 5.41) is 0. The van der Waals surface area contributed by atoms with E-state index in [1.54, 1.807) is 31.2 Å². The van der Waals surface area contributed by atoms with E-state index in [-0.39, 0.29) is 5.78 Å². The molecule has 7 heteroatoms. The molecule has 2 aromatic carbocycles. The number of hydrogen-bond donors (Lipinski definition) is 0. The molecule has 0 bridgehead atoms. The molecule has 0 N–H and O–H groups in total. The van der Waals surface area contributed by atoms with E-state index in [2.05, 4.69) is 4.52 Å². The first-order valence-electron chi connectivity index (χ1n) is 7.70. The fourth-order valence-electron chi connectivity index (χ4n) is 2.52. The van der Waals surface area contributed by atoms with Gasteiger partial charge in [-0.2, -0.15) is 0 Å². The van der Waals surface area contributed by atoms with Gasteiger partial charge in [-0.25, -0.2) is 0 Å². The molecule has 132 valence electrons. The molecule has 25 heavy (non-hydrogen) atoms. The normalized spacial score (nSPS) is 10.2. The number of rotatable bonds is 6. The van der Waals surface area contributed by atoms with Crippen LogP contribution in [0.4, 0.5) is 0 Å². The lowest BCUT2D eigenvalue weighted by atomic mass is 9.93. The lowest BCUT2D eigenvalue weighted by Crippen LogP contribution is -2.07. The summed E-state index contributed by atoms with van der Waals surface area (Å²) in [7, 11) is -1.52. The van der Waals surface area contributed by atoms with Crippen molar-refractivity contribution in [3.8, 4) is 5.75 Å². The van der Waals surface area contributed by atoms with Crippen molar-refractivity contribution in [3.63, 3.8) is 0 Å². The second-order valence-electron chi connectivity index (χ2n) is 5.30. The van der Waals surface area contributed by atoms with Crippen molar-refractivity contribution in [3.05, 3.63) is 64.2 Å². The summed E-state index contributed by atoms with van der Waals surface area (Å²) < 4.78 is 29.4. The topological polar surface area (TPSA) is 69.7 Å².